The van der Waals surface area contributed by atoms with Gasteiger partial charge in [0.15, 0.2) is 0 Å². The first-order valence-electron chi connectivity index (χ1n) is 21.2. The van der Waals surface area contributed by atoms with Crippen LogP contribution in [0, 0.1) is 0 Å². The summed E-state index contributed by atoms with van der Waals surface area (Å²) in [6, 6.07) is 8.09. The van der Waals surface area contributed by atoms with Crippen molar-refractivity contribution >= 4 is 27.8 Å². The molecule has 0 N–H and O–H groups in total. The average Bonchev–Trinajstić information content (AvgIpc) is 3.22. The summed E-state index contributed by atoms with van der Waals surface area (Å²) < 4.78 is 150. The SMILES string of the molecule is [2H]c1c([2H])c([2H])c(-c2c([2H])c([2H])c(-c3c([2H])c([2H])c(N(c4ccccc4)c4c([2H])c([2H])c([2H])c(-c5cccc6ccccc56)c4[2H])c([2H])c3[2H])c([2H])c2[2H])c([2H])c1[2H]. The number of anilines is 3. The van der Waals surface area contributed by atoms with Gasteiger partial charge in [-0.1, -0.05) is 139 Å². The minimum Gasteiger partial charge on any atom is -0.310 e. The van der Waals surface area contributed by atoms with Crippen molar-refractivity contribution in [3.05, 3.63) is 176 Å². The molecule has 0 atom stereocenters. The number of benzene rings is 7. The lowest BCUT2D eigenvalue weighted by Crippen LogP contribution is -2.09. The zero-order valence-corrected chi connectivity index (χ0v) is 21.4. The molecule has 0 fully saturated rings. The van der Waals surface area contributed by atoms with Crippen molar-refractivity contribution in [3.63, 3.8) is 0 Å². The summed E-state index contributed by atoms with van der Waals surface area (Å²) in [5.41, 5.74) is -2.70. The van der Waals surface area contributed by atoms with Crippen molar-refractivity contribution in [2.24, 2.45) is 0 Å². The first-order chi connectivity index (χ1) is 27.4. The van der Waals surface area contributed by atoms with Crippen LogP contribution in [-0.2, 0) is 0 Å². The summed E-state index contributed by atoms with van der Waals surface area (Å²) in [4.78, 5) is 1.14. The number of hydrogen-bond acceptors (Lipinski definition) is 1. The second-order valence-corrected chi connectivity index (χ2v) is 8.89. The zero-order chi connectivity index (χ0) is 42.2. The normalized spacial score (nSPS) is 16.7. The monoisotopic (exact) mass is 540 g/mol. The number of nitrogens with zero attached hydrogens (tertiary/aromatic N) is 1. The lowest BCUT2D eigenvalue weighted by Gasteiger charge is -2.26. The first-order valence-corrected chi connectivity index (χ1v) is 12.7. The second kappa shape index (κ2) is 11.0. The summed E-state index contributed by atoms with van der Waals surface area (Å²) >= 11 is 0. The smallest absolute Gasteiger partial charge is 0.0651 e. The third kappa shape index (κ3) is 5.02. The van der Waals surface area contributed by atoms with Crippen LogP contribution < -0.4 is 4.90 Å². The number of para-hydroxylation sites is 1. The highest BCUT2D eigenvalue weighted by Crippen LogP contribution is 2.38. The number of hydrogen-bond donors (Lipinski definition) is 0. The summed E-state index contributed by atoms with van der Waals surface area (Å²) in [5.74, 6) is 0. The maximum Gasteiger partial charge on any atom is 0.0651 e. The topological polar surface area (TPSA) is 3.24 Å². The van der Waals surface area contributed by atoms with Crippen LogP contribution >= 0.6 is 0 Å². The molecule has 7 aromatic rings. The van der Waals surface area contributed by atoms with Gasteiger partial charge in [0.1, 0.15) is 0 Å². The third-order valence-electron chi connectivity index (χ3n) is 6.37. The van der Waals surface area contributed by atoms with Gasteiger partial charge in [0.25, 0.3) is 0 Å². The average molecular weight is 541 g/mol. The molecule has 0 aliphatic rings. The van der Waals surface area contributed by atoms with E-state index >= 15 is 0 Å². The van der Waals surface area contributed by atoms with Gasteiger partial charge in [0.2, 0.25) is 0 Å². The van der Waals surface area contributed by atoms with E-state index in [0.717, 1.165) is 10.3 Å². The van der Waals surface area contributed by atoms with Gasteiger partial charge in [-0.25, -0.2) is 0 Å². The molecule has 0 spiro atoms. The first kappa shape index (κ1) is 12.4. The van der Waals surface area contributed by atoms with E-state index < -0.39 is 131 Å². The van der Waals surface area contributed by atoms with Gasteiger partial charge in [-0.15, -0.1) is 0 Å². The highest BCUT2D eigenvalue weighted by atomic mass is 15.1. The Balaban J connectivity index is 1.52. The van der Waals surface area contributed by atoms with Crippen LogP contribution in [0.1, 0.15) is 23.3 Å². The van der Waals surface area contributed by atoms with Gasteiger partial charge in [-0.3, -0.25) is 0 Å². The quantitative estimate of drug-likeness (QED) is 0.203. The molecule has 0 aromatic heterocycles. The molecule has 0 aliphatic heterocycles. The van der Waals surface area contributed by atoms with Gasteiger partial charge >= 0.3 is 0 Å². The van der Waals surface area contributed by atoms with Gasteiger partial charge in [-0.05, 0) is 80.5 Å². The molecule has 7 aromatic carbocycles. The molecular weight excluding hydrogens is 494 g/mol. The highest BCUT2D eigenvalue weighted by Gasteiger charge is 2.14. The van der Waals surface area contributed by atoms with E-state index in [0.29, 0.717) is 10.9 Å². The molecule has 0 saturated carbocycles. The Bertz CT molecular complexity index is 2780. The zero-order valence-electron chi connectivity index (χ0n) is 38.4. The van der Waals surface area contributed by atoms with E-state index in [2.05, 4.69) is 0 Å². The molecule has 0 aliphatic carbocycles. The van der Waals surface area contributed by atoms with Crippen LogP contribution in [0.2, 0.25) is 0 Å². The third-order valence-corrected chi connectivity index (χ3v) is 6.37. The van der Waals surface area contributed by atoms with Crippen LogP contribution in [0.3, 0.4) is 0 Å². The highest BCUT2D eigenvalue weighted by molar-refractivity contribution is 5.97. The molecule has 7 rings (SSSR count). The molecule has 41 heavy (non-hydrogen) atoms. The van der Waals surface area contributed by atoms with Gasteiger partial charge < -0.3 is 4.90 Å². The molecule has 0 saturated heterocycles. The Morgan fingerprint density at radius 1 is 0.390 bits per heavy atom. The van der Waals surface area contributed by atoms with Crippen molar-refractivity contribution in [2.75, 3.05) is 4.90 Å². The van der Waals surface area contributed by atoms with Crippen molar-refractivity contribution in [1.82, 2.24) is 0 Å². The minimum atomic E-state index is -0.859. The summed E-state index contributed by atoms with van der Waals surface area (Å²) in [6.45, 7) is 0. The van der Waals surface area contributed by atoms with Crippen molar-refractivity contribution in [2.45, 2.75) is 0 Å². The summed E-state index contributed by atoms with van der Waals surface area (Å²) in [7, 11) is 0. The van der Waals surface area contributed by atoms with E-state index in [1.54, 1.807) is 42.5 Å². The standard InChI is InChI=1S/C40H29N/c1-3-11-30(12-4-1)31-21-23-32(24-22-31)33-25-27-37(28-26-33)41(36-16-5-2-6-17-36)38-18-9-15-35(29-38)40-20-10-14-34-13-7-8-19-39(34)40/h1-29H/i1D,3D,4D,9D,11D,12D,15D,18D,21D,22D,23D,24D,25D,26D,27D,28D,29D. The Morgan fingerprint density at radius 3 is 1.71 bits per heavy atom. The molecule has 0 amide bonds. The largest absolute Gasteiger partial charge is 0.310 e. The fourth-order valence-electron chi connectivity index (χ4n) is 4.45. The molecule has 0 unspecified atom stereocenters. The fourth-order valence-corrected chi connectivity index (χ4v) is 4.45. The molecule has 1 nitrogen and oxygen atoms in total. The number of fused-ring (bicyclic) bond motifs is 1. The summed E-state index contributed by atoms with van der Waals surface area (Å²) in [6.07, 6.45) is 0. The lowest BCUT2D eigenvalue weighted by molar-refractivity contribution is 1.28. The summed E-state index contributed by atoms with van der Waals surface area (Å²) in [5, 5.41) is 1.44. The van der Waals surface area contributed by atoms with Crippen molar-refractivity contribution in [3.8, 4) is 33.4 Å². The van der Waals surface area contributed by atoms with Gasteiger partial charge in [0, 0.05) is 17.1 Å². The maximum absolute atomic E-state index is 9.52. The lowest BCUT2D eigenvalue weighted by atomic mass is 9.97. The van der Waals surface area contributed by atoms with Crippen LogP contribution in [0.15, 0.2) is 176 Å². The van der Waals surface area contributed by atoms with Gasteiger partial charge in [0.05, 0.1) is 23.3 Å². The molecule has 0 bridgehead atoms. The van der Waals surface area contributed by atoms with E-state index in [4.69, 9.17) is 16.4 Å². The van der Waals surface area contributed by atoms with Crippen molar-refractivity contribution in [1.29, 1.82) is 0 Å². The maximum atomic E-state index is 9.52. The number of rotatable bonds is 6. The van der Waals surface area contributed by atoms with Crippen LogP contribution in [0.5, 0.6) is 0 Å². The Morgan fingerprint density at radius 2 is 0.976 bits per heavy atom. The molecule has 0 radical (unpaired) electrons. The van der Waals surface area contributed by atoms with Crippen molar-refractivity contribution < 1.29 is 23.3 Å². The second-order valence-electron chi connectivity index (χ2n) is 8.89. The van der Waals surface area contributed by atoms with Gasteiger partial charge in [-0.2, -0.15) is 0 Å². The molecule has 1 heteroatoms. The Kier molecular flexibility index (Phi) is 3.33. The van der Waals surface area contributed by atoms with E-state index in [1.165, 1.54) is 12.1 Å². The van der Waals surface area contributed by atoms with Crippen LogP contribution in [-0.4, -0.2) is 0 Å². The van der Waals surface area contributed by atoms with E-state index in [-0.39, 0.29) is 16.9 Å². The molecule has 194 valence electrons. The van der Waals surface area contributed by atoms with Crippen LogP contribution in [0.4, 0.5) is 17.1 Å². The fraction of sp³-hybridized carbons (Fsp3) is 0. The molecule has 0 heterocycles. The predicted octanol–water partition coefficient (Wildman–Crippen LogP) is 11.3. The Hall–Kier alpha value is -5.40. The van der Waals surface area contributed by atoms with Crippen LogP contribution in [0.25, 0.3) is 44.2 Å². The predicted molar refractivity (Wildman–Crippen MR) is 175 cm³/mol. The Labute approximate surface area is 265 Å². The van der Waals surface area contributed by atoms with E-state index in [9.17, 15) is 6.85 Å². The minimum absolute atomic E-state index is 0.0107. The van der Waals surface area contributed by atoms with E-state index in [1.807, 2.05) is 18.2 Å². The molecular formula is C40H29N.